The molecule has 17 heavy (non-hydrogen) atoms. The summed E-state index contributed by atoms with van der Waals surface area (Å²) in [6, 6.07) is 1.81. The molecule has 0 saturated carbocycles. The number of Topliss-reactive ketones (excluding diaryl/α,β-unsaturated/α-hetero) is 1. The number of nitrogens with zero attached hydrogens (tertiary/aromatic N) is 2. The normalized spacial score (nSPS) is 17.6. The third-order valence-electron chi connectivity index (χ3n) is 2.86. The number of carbonyl (C=O) groups is 2. The predicted molar refractivity (Wildman–Crippen MR) is 63.8 cm³/mol. The molecular weight excluding hydrogens is 218 g/mol. The van der Waals surface area contributed by atoms with Crippen molar-refractivity contribution in [2.75, 3.05) is 26.2 Å². The van der Waals surface area contributed by atoms with Gasteiger partial charge in [0.2, 0.25) is 5.91 Å². The van der Waals surface area contributed by atoms with E-state index in [1.54, 1.807) is 12.3 Å². The van der Waals surface area contributed by atoms with Gasteiger partial charge in [-0.15, -0.1) is 0 Å². The molecule has 0 atom stereocenters. The van der Waals surface area contributed by atoms with Gasteiger partial charge in [-0.25, -0.2) is 0 Å². The summed E-state index contributed by atoms with van der Waals surface area (Å²) in [6.07, 6.45) is 4.55. The number of ketones is 1. The van der Waals surface area contributed by atoms with Gasteiger partial charge >= 0.3 is 0 Å². The average Bonchev–Trinajstić information content (AvgIpc) is 2.61. The Balaban J connectivity index is 1.95. The van der Waals surface area contributed by atoms with Crippen LogP contribution in [0.3, 0.4) is 0 Å². The van der Waals surface area contributed by atoms with E-state index in [0.717, 1.165) is 13.0 Å². The van der Waals surface area contributed by atoms with Gasteiger partial charge in [-0.05, 0) is 12.5 Å². The molecule has 1 saturated heterocycles. The zero-order valence-electron chi connectivity index (χ0n) is 9.98. The Morgan fingerprint density at radius 3 is 3.06 bits per heavy atom. The largest absolute Gasteiger partial charge is 0.357 e. The van der Waals surface area contributed by atoms with E-state index in [1.807, 2.05) is 22.7 Å². The van der Waals surface area contributed by atoms with Crippen LogP contribution in [0.5, 0.6) is 0 Å². The van der Waals surface area contributed by atoms with E-state index in [4.69, 9.17) is 0 Å². The lowest BCUT2D eigenvalue weighted by Crippen LogP contribution is -2.36. The van der Waals surface area contributed by atoms with Crippen molar-refractivity contribution < 1.29 is 9.59 Å². The molecule has 92 valence electrons. The summed E-state index contributed by atoms with van der Waals surface area (Å²) in [7, 11) is 1.89. The molecule has 1 amide bonds. The van der Waals surface area contributed by atoms with Crippen molar-refractivity contribution in [3.8, 4) is 0 Å². The molecule has 1 aromatic heterocycles. The lowest BCUT2D eigenvalue weighted by molar-refractivity contribution is -0.121. The topological polar surface area (TPSA) is 54.3 Å². The van der Waals surface area contributed by atoms with Crippen molar-refractivity contribution in [1.29, 1.82) is 0 Å². The number of amides is 1. The van der Waals surface area contributed by atoms with Gasteiger partial charge in [-0.3, -0.25) is 14.5 Å². The Morgan fingerprint density at radius 2 is 2.35 bits per heavy atom. The van der Waals surface area contributed by atoms with Crippen LogP contribution in [0.15, 0.2) is 18.5 Å². The molecule has 0 unspecified atom stereocenters. The number of rotatable bonds is 3. The summed E-state index contributed by atoms with van der Waals surface area (Å²) in [6.45, 7) is 2.13. The second-order valence-electron chi connectivity index (χ2n) is 4.40. The van der Waals surface area contributed by atoms with Crippen LogP contribution in [0.1, 0.15) is 16.8 Å². The summed E-state index contributed by atoms with van der Waals surface area (Å²) in [5.41, 5.74) is 0.706. The highest BCUT2D eigenvalue weighted by atomic mass is 16.2. The number of hydrogen-bond acceptors (Lipinski definition) is 3. The molecule has 0 bridgehead atoms. The first kappa shape index (κ1) is 11.9. The van der Waals surface area contributed by atoms with Crippen molar-refractivity contribution >= 4 is 11.7 Å². The molecular formula is C12H17N3O2. The number of aromatic nitrogens is 1. The van der Waals surface area contributed by atoms with Gasteiger partial charge in [0.05, 0.1) is 13.1 Å². The minimum Gasteiger partial charge on any atom is -0.357 e. The first-order chi connectivity index (χ1) is 8.15. The molecule has 1 aliphatic rings. The maximum Gasteiger partial charge on any atom is 0.234 e. The summed E-state index contributed by atoms with van der Waals surface area (Å²) in [5.74, 6) is 0.0728. The average molecular weight is 235 g/mol. The molecule has 2 rings (SSSR count). The van der Waals surface area contributed by atoms with Gasteiger partial charge in [-0.1, -0.05) is 0 Å². The Morgan fingerprint density at radius 1 is 1.53 bits per heavy atom. The first-order valence-electron chi connectivity index (χ1n) is 5.79. The SMILES string of the molecule is Cn1ccc(C(=O)CN2CCCNC(=O)C2)c1. The highest BCUT2D eigenvalue weighted by Crippen LogP contribution is 2.04. The minimum atomic E-state index is 0.00311. The number of aryl methyl sites for hydroxylation is 1. The van der Waals surface area contributed by atoms with E-state index < -0.39 is 0 Å². The standard InChI is InChI=1S/C12H17N3O2/c1-14-6-3-10(7-14)11(16)8-15-5-2-4-13-12(17)9-15/h3,6-7H,2,4-5,8-9H2,1H3,(H,13,17). The van der Waals surface area contributed by atoms with Crippen molar-refractivity contribution in [2.45, 2.75) is 6.42 Å². The van der Waals surface area contributed by atoms with Crippen LogP contribution in [-0.2, 0) is 11.8 Å². The van der Waals surface area contributed by atoms with Gasteiger partial charge in [-0.2, -0.15) is 0 Å². The highest BCUT2D eigenvalue weighted by molar-refractivity contribution is 5.97. The molecule has 0 aromatic carbocycles. The Kier molecular flexibility index (Phi) is 3.58. The van der Waals surface area contributed by atoms with E-state index in [-0.39, 0.29) is 11.7 Å². The lowest BCUT2D eigenvalue weighted by Gasteiger charge is -2.16. The van der Waals surface area contributed by atoms with Crippen LogP contribution in [0.4, 0.5) is 0 Å². The van der Waals surface area contributed by atoms with Crippen molar-refractivity contribution in [3.63, 3.8) is 0 Å². The summed E-state index contributed by atoms with van der Waals surface area (Å²) in [4.78, 5) is 25.2. The van der Waals surface area contributed by atoms with Crippen LogP contribution >= 0.6 is 0 Å². The number of nitrogens with one attached hydrogen (secondary N) is 1. The summed E-state index contributed by atoms with van der Waals surface area (Å²) in [5, 5.41) is 2.80. The molecule has 2 heterocycles. The molecule has 0 radical (unpaired) electrons. The molecule has 1 aromatic rings. The summed E-state index contributed by atoms with van der Waals surface area (Å²) < 4.78 is 1.85. The van der Waals surface area contributed by atoms with Gasteiger partial charge in [0.1, 0.15) is 0 Å². The fraction of sp³-hybridized carbons (Fsp3) is 0.500. The molecule has 5 nitrogen and oxygen atoms in total. The van der Waals surface area contributed by atoms with Crippen LogP contribution < -0.4 is 5.32 Å². The van der Waals surface area contributed by atoms with E-state index in [1.165, 1.54) is 0 Å². The third kappa shape index (κ3) is 3.17. The molecule has 0 spiro atoms. The highest BCUT2D eigenvalue weighted by Gasteiger charge is 2.18. The molecule has 1 aliphatic heterocycles. The second-order valence-corrected chi connectivity index (χ2v) is 4.40. The van der Waals surface area contributed by atoms with Gasteiger partial charge in [0.25, 0.3) is 0 Å². The third-order valence-corrected chi connectivity index (χ3v) is 2.86. The Hall–Kier alpha value is -1.62. The van der Waals surface area contributed by atoms with E-state index in [0.29, 0.717) is 25.2 Å². The molecule has 1 fully saturated rings. The van der Waals surface area contributed by atoms with Crippen LogP contribution in [0.2, 0.25) is 0 Å². The van der Waals surface area contributed by atoms with Gasteiger partial charge < -0.3 is 9.88 Å². The van der Waals surface area contributed by atoms with Gasteiger partial charge in [0.15, 0.2) is 5.78 Å². The monoisotopic (exact) mass is 235 g/mol. The molecule has 5 heteroatoms. The zero-order chi connectivity index (χ0) is 12.3. The van der Waals surface area contributed by atoms with E-state index >= 15 is 0 Å². The van der Waals surface area contributed by atoms with Crippen LogP contribution in [-0.4, -0.2) is 47.3 Å². The lowest BCUT2D eigenvalue weighted by atomic mass is 10.2. The summed E-state index contributed by atoms with van der Waals surface area (Å²) >= 11 is 0. The number of hydrogen-bond donors (Lipinski definition) is 1. The molecule has 1 N–H and O–H groups in total. The quantitative estimate of drug-likeness (QED) is 0.752. The van der Waals surface area contributed by atoms with Crippen LogP contribution in [0, 0.1) is 0 Å². The fourth-order valence-corrected chi connectivity index (χ4v) is 1.97. The maximum atomic E-state index is 12.0. The predicted octanol–water partition coefficient (Wildman–Crippen LogP) is 0.0297. The Bertz CT molecular complexity index is 425. The smallest absolute Gasteiger partial charge is 0.234 e. The van der Waals surface area contributed by atoms with E-state index in [2.05, 4.69) is 5.32 Å². The zero-order valence-corrected chi connectivity index (χ0v) is 9.98. The maximum absolute atomic E-state index is 12.0. The van der Waals surface area contributed by atoms with Gasteiger partial charge in [0, 0.05) is 38.1 Å². The van der Waals surface area contributed by atoms with Crippen molar-refractivity contribution in [1.82, 2.24) is 14.8 Å². The Labute approximate surface area is 100 Å². The number of carbonyl (C=O) groups excluding carboxylic acids is 2. The minimum absolute atomic E-state index is 0.00311. The fourth-order valence-electron chi connectivity index (χ4n) is 1.97. The molecule has 0 aliphatic carbocycles. The van der Waals surface area contributed by atoms with Crippen molar-refractivity contribution in [2.24, 2.45) is 7.05 Å². The van der Waals surface area contributed by atoms with Crippen LogP contribution in [0.25, 0.3) is 0 Å². The van der Waals surface area contributed by atoms with Crippen molar-refractivity contribution in [3.05, 3.63) is 24.0 Å². The van der Waals surface area contributed by atoms with E-state index in [9.17, 15) is 9.59 Å². The second kappa shape index (κ2) is 5.14. The first-order valence-corrected chi connectivity index (χ1v) is 5.79.